The Balaban J connectivity index is 0.00000144. The lowest BCUT2D eigenvalue weighted by Gasteiger charge is -2.24. The van der Waals surface area contributed by atoms with Crippen LogP contribution in [0.25, 0.3) is 0 Å². The van der Waals surface area contributed by atoms with Crippen LogP contribution in [0.4, 0.5) is 0 Å². The third-order valence-corrected chi connectivity index (χ3v) is 3.18. The molecule has 0 saturated carbocycles. The highest BCUT2D eigenvalue weighted by Crippen LogP contribution is 2.13. The number of nitrogens with one attached hydrogen (secondary N) is 2. The van der Waals surface area contributed by atoms with Gasteiger partial charge < -0.3 is 15.7 Å². The molecule has 1 unspecified atom stereocenters. The highest BCUT2D eigenvalue weighted by Gasteiger charge is 2.12. The Hall–Kier alpha value is -0.320. The summed E-state index contributed by atoms with van der Waals surface area (Å²) in [5, 5.41) is 16.0. The summed E-state index contributed by atoms with van der Waals surface area (Å²) in [4.78, 5) is 0. The summed E-state index contributed by atoms with van der Waals surface area (Å²) in [5.41, 5.74) is 3.55. The lowest BCUT2D eigenvalue weighted by molar-refractivity contribution is 0.281. The van der Waals surface area contributed by atoms with Crippen molar-refractivity contribution in [1.82, 2.24) is 10.6 Å². The van der Waals surface area contributed by atoms with Gasteiger partial charge in [0.2, 0.25) is 0 Å². The van der Waals surface area contributed by atoms with E-state index < -0.39 is 0 Å². The van der Waals surface area contributed by atoms with Crippen molar-refractivity contribution in [2.75, 3.05) is 19.6 Å². The van der Waals surface area contributed by atoms with E-state index in [1.165, 1.54) is 11.1 Å². The average Bonchev–Trinajstić information content (AvgIpc) is 2.31. The number of aliphatic hydroxyl groups excluding tert-OH is 1. The van der Waals surface area contributed by atoms with Gasteiger partial charge in [0.25, 0.3) is 0 Å². The topological polar surface area (TPSA) is 44.3 Å². The molecule has 18 heavy (non-hydrogen) atoms. The zero-order valence-electron chi connectivity index (χ0n) is 10.6. The fourth-order valence-corrected chi connectivity index (χ4v) is 2.20. The average molecular weight is 293 g/mol. The van der Waals surface area contributed by atoms with Gasteiger partial charge in [0.1, 0.15) is 0 Å². The largest absolute Gasteiger partial charge is 0.392 e. The molecule has 0 amide bonds. The minimum absolute atomic E-state index is 0. The van der Waals surface area contributed by atoms with Crippen molar-refractivity contribution in [3.8, 4) is 0 Å². The molecule has 0 radical (unpaired) electrons. The van der Waals surface area contributed by atoms with Crippen LogP contribution < -0.4 is 10.6 Å². The smallest absolute Gasteiger partial charge is 0.0684 e. The van der Waals surface area contributed by atoms with Gasteiger partial charge in [-0.05, 0) is 30.0 Å². The monoisotopic (exact) mass is 292 g/mol. The molecule has 3 nitrogen and oxygen atoms in total. The van der Waals surface area contributed by atoms with E-state index in [1.54, 1.807) is 0 Å². The second kappa shape index (κ2) is 8.73. The summed E-state index contributed by atoms with van der Waals surface area (Å²) in [6.45, 7) is 5.36. The number of benzene rings is 1. The molecule has 0 aliphatic carbocycles. The van der Waals surface area contributed by atoms with Crippen LogP contribution in [0.15, 0.2) is 18.2 Å². The SMILES string of the molecule is Cc1cc(CC2CNCCN2)ccc1CO.Cl.Cl. The number of aryl methyl sites for hydroxylation is 1. The van der Waals surface area contributed by atoms with Gasteiger partial charge >= 0.3 is 0 Å². The first-order valence-corrected chi connectivity index (χ1v) is 5.93. The van der Waals surface area contributed by atoms with Crippen molar-refractivity contribution >= 4 is 24.8 Å². The van der Waals surface area contributed by atoms with Crippen molar-refractivity contribution in [2.24, 2.45) is 0 Å². The zero-order chi connectivity index (χ0) is 11.4. The molecule has 104 valence electrons. The van der Waals surface area contributed by atoms with E-state index in [2.05, 4.69) is 29.7 Å². The van der Waals surface area contributed by atoms with Crippen LogP contribution in [0.3, 0.4) is 0 Å². The standard InChI is InChI=1S/C13H20N2O.2ClH/c1-10-6-11(2-3-12(10)9-16)7-13-8-14-4-5-15-13;;/h2-3,6,13-16H,4-5,7-9H2,1H3;2*1H. The van der Waals surface area contributed by atoms with Crippen LogP contribution in [0.5, 0.6) is 0 Å². The molecule has 2 rings (SSSR count). The Kier molecular flexibility index (Phi) is 8.57. The number of hydrogen-bond acceptors (Lipinski definition) is 3. The number of piperazine rings is 1. The predicted molar refractivity (Wildman–Crippen MR) is 80.0 cm³/mol. The maximum Gasteiger partial charge on any atom is 0.0684 e. The molecule has 1 aromatic rings. The Morgan fingerprint density at radius 3 is 2.61 bits per heavy atom. The van der Waals surface area contributed by atoms with Gasteiger partial charge in [0.05, 0.1) is 6.61 Å². The molecule has 5 heteroatoms. The summed E-state index contributed by atoms with van der Waals surface area (Å²) >= 11 is 0. The van der Waals surface area contributed by atoms with Crippen LogP contribution in [0.2, 0.25) is 0 Å². The lowest BCUT2D eigenvalue weighted by atomic mass is 10.00. The van der Waals surface area contributed by atoms with E-state index in [4.69, 9.17) is 5.11 Å². The Bertz CT molecular complexity index is 355. The molecule has 1 heterocycles. The second-order valence-corrected chi connectivity index (χ2v) is 4.48. The molecule has 1 aliphatic rings. The predicted octanol–water partition coefficient (Wildman–Crippen LogP) is 1.43. The minimum atomic E-state index is 0. The second-order valence-electron chi connectivity index (χ2n) is 4.48. The fourth-order valence-electron chi connectivity index (χ4n) is 2.20. The van der Waals surface area contributed by atoms with Crippen molar-refractivity contribution in [1.29, 1.82) is 0 Å². The molecule has 0 bridgehead atoms. The third kappa shape index (κ3) is 4.75. The molecule has 3 N–H and O–H groups in total. The Morgan fingerprint density at radius 1 is 1.28 bits per heavy atom. The van der Waals surface area contributed by atoms with Crippen molar-refractivity contribution in [2.45, 2.75) is 26.0 Å². The first kappa shape index (κ1) is 17.7. The maximum absolute atomic E-state index is 9.11. The van der Waals surface area contributed by atoms with E-state index in [-0.39, 0.29) is 31.4 Å². The third-order valence-electron chi connectivity index (χ3n) is 3.18. The number of halogens is 2. The summed E-state index contributed by atoms with van der Waals surface area (Å²) in [7, 11) is 0. The first-order chi connectivity index (χ1) is 7.79. The van der Waals surface area contributed by atoms with Gasteiger partial charge in [-0.2, -0.15) is 0 Å². The van der Waals surface area contributed by atoms with Gasteiger partial charge in [-0.3, -0.25) is 0 Å². The fraction of sp³-hybridized carbons (Fsp3) is 0.538. The van der Waals surface area contributed by atoms with E-state index in [0.717, 1.165) is 31.6 Å². The highest BCUT2D eigenvalue weighted by atomic mass is 35.5. The van der Waals surface area contributed by atoms with Gasteiger partial charge in [-0.25, -0.2) is 0 Å². The summed E-state index contributed by atoms with van der Waals surface area (Å²) in [6.07, 6.45) is 1.06. The molecular weight excluding hydrogens is 271 g/mol. The molecule has 1 aromatic carbocycles. The van der Waals surface area contributed by atoms with Crippen LogP contribution in [-0.4, -0.2) is 30.8 Å². The zero-order valence-corrected chi connectivity index (χ0v) is 12.2. The highest BCUT2D eigenvalue weighted by molar-refractivity contribution is 5.85. The van der Waals surface area contributed by atoms with Gasteiger partial charge in [-0.1, -0.05) is 18.2 Å². The normalized spacial score (nSPS) is 18.7. The van der Waals surface area contributed by atoms with E-state index >= 15 is 0 Å². The number of hydrogen-bond donors (Lipinski definition) is 3. The lowest BCUT2D eigenvalue weighted by Crippen LogP contribution is -2.49. The minimum Gasteiger partial charge on any atom is -0.392 e. The van der Waals surface area contributed by atoms with E-state index in [0.29, 0.717) is 6.04 Å². The summed E-state index contributed by atoms with van der Waals surface area (Å²) in [5.74, 6) is 0. The van der Waals surface area contributed by atoms with E-state index in [9.17, 15) is 0 Å². The van der Waals surface area contributed by atoms with Crippen molar-refractivity contribution < 1.29 is 5.11 Å². The molecule has 1 fully saturated rings. The Morgan fingerprint density at radius 2 is 2.06 bits per heavy atom. The molecular formula is C13H22Cl2N2O. The first-order valence-electron chi connectivity index (χ1n) is 5.93. The molecule has 1 saturated heterocycles. The van der Waals surface area contributed by atoms with Crippen LogP contribution >= 0.6 is 24.8 Å². The van der Waals surface area contributed by atoms with Crippen molar-refractivity contribution in [3.05, 3.63) is 34.9 Å². The van der Waals surface area contributed by atoms with Gasteiger partial charge in [0, 0.05) is 25.7 Å². The van der Waals surface area contributed by atoms with Gasteiger partial charge in [0.15, 0.2) is 0 Å². The number of rotatable bonds is 3. The molecule has 0 spiro atoms. The summed E-state index contributed by atoms with van der Waals surface area (Å²) in [6, 6.07) is 6.87. The molecule has 1 atom stereocenters. The van der Waals surface area contributed by atoms with Crippen LogP contribution in [-0.2, 0) is 13.0 Å². The maximum atomic E-state index is 9.11. The Labute approximate surface area is 121 Å². The van der Waals surface area contributed by atoms with Crippen LogP contribution in [0, 0.1) is 6.92 Å². The van der Waals surface area contributed by atoms with E-state index in [1.807, 2.05) is 6.07 Å². The van der Waals surface area contributed by atoms with Gasteiger partial charge in [-0.15, -0.1) is 24.8 Å². The molecule has 1 aliphatic heterocycles. The summed E-state index contributed by atoms with van der Waals surface area (Å²) < 4.78 is 0. The van der Waals surface area contributed by atoms with Crippen LogP contribution in [0.1, 0.15) is 16.7 Å². The molecule has 0 aromatic heterocycles. The number of aliphatic hydroxyl groups is 1. The van der Waals surface area contributed by atoms with Crippen molar-refractivity contribution in [3.63, 3.8) is 0 Å². The quantitative estimate of drug-likeness (QED) is 0.790.